The number of rotatable bonds is 19. The minimum Gasteiger partial charge on any atom is -0.394 e. The van der Waals surface area contributed by atoms with Crippen LogP contribution in [0, 0.1) is 0 Å². The van der Waals surface area contributed by atoms with Gasteiger partial charge in [0.1, 0.15) is 14.7 Å². The molecule has 0 fully saturated rings. The van der Waals surface area contributed by atoms with Crippen LogP contribution in [0.15, 0.2) is 18.1 Å². The molecular weight excluding hydrogens is 645 g/mol. The van der Waals surface area contributed by atoms with Gasteiger partial charge in [0, 0.05) is 26.9 Å². The van der Waals surface area contributed by atoms with E-state index in [4.69, 9.17) is 32.6 Å². The molecule has 14 nitrogen and oxygen atoms in total. The average molecular weight is 713 g/mol. The predicted molar refractivity (Wildman–Crippen MR) is 197 cm³/mol. The zero-order chi connectivity index (χ0) is 34.0. The summed E-state index contributed by atoms with van der Waals surface area (Å²) in [6, 6.07) is 0. The van der Waals surface area contributed by atoms with Gasteiger partial charge in [0.2, 0.25) is 7.51 Å². The van der Waals surface area contributed by atoms with Gasteiger partial charge in [0.05, 0.1) is 33.0 Å². The van der Waals surface area contributed by atoms with Crippen LogP contribution in [0.4, 0.5) is 0 Å². The van der Waals surface area contributed by atoms with Crippen LogP contribution in [0.5, 0.6) is 0 Å². The fourth-order valence-corrected chi connectivity index (χ4v) is 22.7. The van der Waals surface area contributed by atoms with E-state index in [2.05, 4.69) is 158 Å². The number of aliphatic hydroxyl groups excluding tert-OH is 1. The summed E-state index contributed by atoms with van der Waals surface area (Å²) >= 11 is 0. The van der Waals surface area contributed by atoms with Crippen molar-refractivity contribution in [2.75, 3.05) is 165 Å². The van der Waals surface area contributed by atoms with E-state index in [0.29, 0.717) is 33.0 Å². The largest absolute Gasteiger partial charge is 0.496 e. The molecule has 19 heteroatoms. The predicted octanol–water partition coefficient (Wildman–Crippen LogP) is 5.35. The van der Waals surface area contributed by atoms with E-state index in [1.54, 1.807) is 0 Å². The summed E-state index contributed by atoms with van der Waals surface area (Å²) in [5.41, 5.74) is 0. The monoisotopic (exact) mass is 712 g/mol. The van der Waals surface area contributed by atoms with E-state index in [1.165, 1.54) is 0 Å². The Morgan fingerprint density at radius 1 is 0.512 bits per heavy atom. The molecule has 43 heavy (non-hydrogen) atoms. The topological polar surface area (TPSA) is 111 Å². The molecule has 1 N–H and O–H groups in total. The molecule has 260 valence electrons. The fraction of sp³-hybridized carbons (Fsp3) is 1.00. The van der Waals surface area contributed by atoms with Crippen molar-refractivity contribution in [2.24, 2.45) is 18.1 Å². The molecule has 0 bridgehead atoms. The Morgan fingerprint density at radius 2 is 0.884 bits per heavy atom. The molecule has 0 spiro atoms. The van der Waals surface area contributed by atoms with Crippen LogP contribution >= 0.6 is 37.1 Å². The Bertz CT molecular complexity index is 993. The molecule has 0 amide bonds. The molecule has 0 heterocycles. The standard InChI is InChI=1S/C24H67N11O3P5/c1-29(2)40(17,30(3)4)26-42(25-39(14,15)16,27-41(18,31(5)6)32(7)8)28-43(33(9)10,34(11)12)35(13)19-21-37-23-24-38-22-20-36/h36H,19-24H2,1-18H3/q+1. The average Bonchev–Trinajstić information content (AvgIpc) is 2.84. The second kappa shape index (κ2) is 18.5. The maximum absolute atomic E-state index is 8.95. The normalized spacial score (nSPS) is 14.3. The van der Waals surface area contributed by atoms with Crippen molar-refractivity contribution in [3.63, 3.8) is 0 Å². The first-order valence-electron chi connectivity index (χ1n) is 14.3. The third-order valence-electron chi connectivity index (χ3n) is 6.94. The number of nitrogens with zero attached hydrogens (tertiary/aromatic N) is 11. The molecule has 0 aliphatic carbocycles. The van der Waals surface area contributed by atoms with Crippen molar-refractivity contribution in [3.05, 3.63) is 0 Å². The van der Waals surface area contributed by atoms with Crippen molar-refractivity contribution in [1.29, 1.82) is 0 Å². The van der Waals surface area contributed by atoms with E-state index in [-0.39, 0.29) is 6.61 Å². The molecule has 0 aromatic rings. The molecule has 0 aromatic heterocycles. The van der Waals surface area contributed by atoms with Gasteiger partial charge in [-0.05, 0) is 125 Å². The van der Waals surface area contributed by atoms with Crippen molar-refractivity contribution >= 4 is 37.1 Å². The first kappa shape index (κ1) is 43.9. The van der Waals surface area contributed by atoms with Crippen molar-refractivity contribution in [3.8, 4) is 0 Å². The van der Waals surface area contributed by atoms with Gasteiger partial charge in [-0.2, -0.15) is 0 Å². The van der Waals surface area contributed by atoms with E-state index in [9.17, 15) is 0 Å². The Hall–Kier alpha value is 0.950. The summed E-state index contributed by atoms with van der Waals surface area (Å²) in [4.78, 5) is 0. The Labute approximate surface area is 266 Å². The van der Waals surface area contributed by atoms with Gasteiger partial charge in [-0.1, -0.05) is 4.52 Å². The van der Waals surface area contributed by atoms with Gasteiger partial charge in [-0.25, -0.2) is 14.0 Å². The van der Waals surface area contributed by atoms with E-state index in [0.717, 1.165) is 0 Å². The van der Waals surface area contributed by atoms with Gasteiger partial charge in [-0.3, -0.25) is 18.7 Å². The van der Waals surface area contributed by atoms with Crippen LogP contribution in [0.2, 0.25) is 0 Å². The second-order valence-corrected chi connectivity index (χ2v) is 30.4. The third-order valence-corrected chi connectivity index (χ3v) is 25.9. The van der Waals surface area contributed by atoms with Crippen molar-refractivity contribution < 1.29 is 14.6 Å². The van der Waals surface area contributed by atoms with Crippen molar-refractivity contribution in [2.45, 2.75) is 0 Å². The van der Waals surface area contributed by atoms with E-state index < -0.39 is 37.1 Å². The molecule has 0 radical (unpaired) electrons. The van der Waals surface area contributed by atoms with Gasteiger partial charge in [0.25, 0.3) is 0 Å². The Balaban J connectivity index is 8.06. The molecule has 0 aliphatic rings. The SMILES string of the molecule is CN(C)P(C)(=N[P+](N=P(C)(C)C)(N=P(C)(N(C)C)N(C)C)N=P(N(C)C)(N(C)C)N(C)CCOCCOCCO)N(C)C. The lowest BCUT2D eigenvalue weighted by Crippen LogP contribution is -2.35. The lowest BCUT2D eigenvalue weighted by molar-refractivity contribution is 0.0313. The minimum absolute atomic E-state index is 0.0116. The zero-order valence-corrected chi connectivity index (χ0v) is 35.1. The molecule has 0 saturated heterocycles. The smallest absolute Gasteiger partial charge is 0.394 e. The summed E-state index contributed by atoms with van der Waals surface area (Å²) in [6.45, 7) is 13.6. The molecule has 0 unspecified atom stereocenters. The van der Waals surface area contributed by atoms with Crippen LogP contribution in [-0.2, 0) is 9.47 Å². The quantitative estimate of drug-likeness (QED) is 0.139. The lowest BCUT2D eigenvalue weighted by atomic mass is 10.6. The summed E-state index contributed by atoms with van der Waals surface area (Å²) in [5, 5.41) is 8.95. The lowest BCUT2D eigenvalue weighted by Gasteiger charge is -2.42. The number of ether oxygens (including phenoxy) is 2. The molecule has 0 atom stereocenters. The first-order chi connectivity index (χ1) is 19.5. The summed E-state index contributed by atoms with van der Waals surface area (Å²) in [6.07, 6.45) is 0. The fourth-order valence-electron chi connectivity index (χ4n) is 4.03. The molecule has 0 saturated carbocycles. The molecular formula is C24H67N11O3P5+. The van der Waals surface area contributed by atoms with E-state index >= 15 is 0 Å². The van der Waals surface area contributed by atoms with Crippen LogP contribution in [0.3, 0.4) is 0 Å². The van der Waals surface area contributed by atoms with Gasteiger partial charge >= 0.3 is 7.87 Å². The number of aliphatic hydroxyl groups is 1. The third kappa shape index (κ3) is 12.5. The van der Waals surface area contributed by atoms with Crippen LogP contribution in [0.25, 0.3) is 0 Å². The minimum atomic E-state index is -3.10. The highest BCUT2D eigenvalue weighted by Gasteiger charge is 2.52. The van der Waals surface area contributed by atoms with Crippen LogP contribution in [-0.4, -0.2) is 202 Å². The number of hydrogen-bond acceptors (Lipinski definition) is 7. The number of hydrogen-bond donors (Lipinski definition) is 1. The highest BCUT2D eigenvalue weighted by molar-refractivity contribution is 7.88. The highest BCUT2D eigenvalue weighted by atomic mass is 31.3. The Kier molecular flexibility index (Phi) is 18.9. The maximum Gasteiger partial charge on any atom is 0.496 e. The van der Waals surface area contributed by atoms with Gasteiger partial charge in [-0.15, -0.1) is 0 Å². The van der Waals surface area contributed by atoms with Crippen LogP contribution in [0.1, 0.15) is 0 Å². The maximum atomic E-state index is 8.95. The van der Waals surface area contributed by atoms with Crippen molar-refractivity contribution in [1.82, 2.24) is 32.7 Å². The second-order valence-electron chi connectivity index (χ2n) is 12.5. The van der Waals surface area contributed by atoms with E-state index in [1.807, 2.05) is 0 Å². The van der Waals surface area contributed by atoms with Gasteiger partial charge < -0.3 is 14.6 Å². The Morgan fingerprint density at radius 3 is 1.19 bits per heavy atom. The summed E-state index contributed by atoms with van der Waals surface area (Å²) in [5.74, 6) is 0. The first-order valence-corrected chi connectivity index (χ1v) is 24.8. The van der Waals surface area contributed by atoms with Crippen LogP contribution < -0.4 is 0 Å². The number of likely N-dealkylation sites (N-methyl/N-ethyl adjacent to an activating group) is 1. The highest BCUT2D eigenvalue weighted by Crippen LogP contribution is 2.84. The molecule has 0 rings (SSSR count). The summed E-state index contributed by atoms with van der Waals surface area (Å²) < 4.78 is 50.2. The molecule has 0 aromatic carbocycles. The van der Waals surface area contributed by atoms with Gasteiger partial charge in [0.15, 0.2) is 0 Å². The molecule has 0 aliphatic heterocycles. The summed E-state index contributed by atoms with van der Waals surface area (Å²) in [7, 11) is 15.4. The zero-order valence-electron chi connectivity index (χ0n) is 30.7.